The lowest BCUT2D eigenvalue weighted by Crippen LogP contribution is -2.52. The highest BCUT2D eigenvalue weighted by molar-refractivity contribution is 5.74. The van der Waals surface area contributed by atoms with E-state index < -0.39 is 5.60 Å². The Balaban J connectivity index is 2.73. The van der Waals surface area contributed by atoms with Crippen LogP contribution in [0.2, 0.25) is 0 Å². The van der Waals surface area contributed by atoms with E-state index in [1.165, 1.54) is 68.1 Å². The third-order valence-corrected chi connectivity index (χ3v) is 10.4. The molecule has 0 bridgehead atoms. The Bertz CT molecular complexity index is 922. The molecule has 1 aliphatic carbocycles. The van der Waals surface area contributed by atoms with Crippen molar-refractivity contribution in [2.45, 2.75) is 183 Å². The Morgan fingerprint density at radius 3 is 2.20 bits per heavy atom. The fourth-order valence-electron chi connectivity index (χ4n) is 7.01. The maximum atomic E-state index is 12.3. The highest BCUT2D eigenvalue weighted by atomic mass is 16.5. The topological polar surface area (TPSA) is 63.6 Å². The van der Waals surface area contributed by atoms with Crippen LogP contribution in [0.4, 0.5) is 0 Å². The molecule has 0 aromatic heterocycles. The first-order valence-corrected chi connectivity index (χ1v) is 18.2. The van der Waals surface area contributed by atoms with Gasteiger partial charge < -0.3 is 9.84 Å². The van der Waals surface area contributed by atoms with E-state index in [0.29, 0.717) is 19.4 Å². The van der Waals surface area contributed by atoms with Gasteiger partial charge in [0.25, 0.3) is 0 Å². The molecule has 1 saturated carbocycles. The Morgan fingerprint density at radius 2 is 1.55 bits per heavy atom. The van der Waals surface area contributed by atoms with E-state index in [9.17, 15) is 14.7 Å². The van der Waals surface area contributed by atoms with Gasteiger partial charge in [-0.05, 0) is 116 Å². The Hall–Kier alpha value is -1.68. The fourth-order valence-corrected chi connectivity index (χ4v) is 7.01. The summed E-state index contributed by atoms with van der Waals surface area (Å²) in [7, 11) is 0. The SMILES string of the molecule is CCCCCCCCCC(=O)OCCCC1C(=C(C)C=O)CCC(C)(O)C1(C)CCC=C(C)CCC=C(C)CCCC(C)C. The van der Waals surface area contributed by atoms with E-state index in [1.807, 2.05) is 13.8 Å². The van der Waals surface area contributed by atoms with Crippen LogP contribution < -0.4 is 0 Å². The summed E-state index contributed by atoms with van der Waals surface area (Å²) in [5.74, 6) is 0.761. The zero-order valence-electron chi connectivity index (χ0n) is 30.2. The molecule has 3 atom stereocenters. The summed E-state index contributed by atoms with van der Waals surface area (Å²) in [6, 6.07) is 0. The molecule has 1 rings (SSSR count). The van der Waals surface area contributed by atoms with Crippen molar-refractivity contribution >= 4 is 12.3 Å². The zero-order chi connectivity index (χ0) is 33.0. The van der Waals surface area contributed by atoms with Crippen molar-refractivity contribution in [1.82, 2.24) is 0 Å². The van der Waals surface area contributed by atoms with Crippen LogP contribution in [0.3, 0.4) is 0 Å². The molecule has 0 heterocycles. The largest absolute Gasteiger partial charge is 0.466 e. The monoisotopic (exact) mass is 615 g/mol. The number of carbonyl (C=O) groups is 2. The van der Waals surface area contributed by atoms with E-state index in [0.717, 1.165) is 75.6 Å². The first-order valence-electron chi connectivity index (χ1n) is 18.2. The number of carbonyl (C=O) groups excluding carboxylic acids is 2. The van der Waals surface area contributed by atoms with Crippen molar-refractivity contribution < 1.29 is 19.4 Å². The average Bonchev–Trinajstić information content (AvgIpc) is 2.96. The van der Waals surface area contributed by atoms with Gasteiger partial charge in [0.1, 0.15) is 6.29 Å². The molecule has 0 saturated heterocycles. The van der Waals surface area contributed by atoms with Gasteiger partial charge in [0.05, 0.1) is 12.2 Å². The smallest absolute Gasteiger partial charge is 0.305 e. The van der Waals surface area contributed by atoms with Crippen molar-refractivity contribution in [3.63, 3.8) is 0 Å². The third-order valence-electron chi connectivity index (χ3n) is 10.4. The first-order chi connectivity index (χ1) is 20.9. The molecule has 254 valence electrons. The highest BCUT2D eigenvalue weighted by Gasteiger charge is 2.52. The molecule has 1 fully saturated rings. The van der Waals surface area contributed by atoms with Crippen molar-refractivity contribution in [3.8, 4) is 0 Å². The van der Waals surface area contributed by atoms with Crippen LogP contribution in [0, 0.1) is 17.3 Å². The zero-order valence-corrected chi connectivity index (χ0v) is 30.2. The normalized spacial score (nSPS) is 24.1. The molecule has 0 spiro atoms. The summed E-state index contributed by atoms with van der Waals surface area (Å²) in [4.78, 5) is 24.2. The lowest BCUT2D eigenvalue weighted by Gasteiger charge is -2.53. The molecule has 1 aliphatic rings. The van der Waals surface area contributed by atoms with Crippen molar-refractivity contribution in [2.24, 2.45) is 17.3 Å². The van der Waals surface area contributed by atoms with Crippen LogP contribution in [0.1, 0.15) is 177 Å². The number of rotatable bonds is 23. The van der Waals surface area contributed by atoms with Gasteiger partial charge in [0.15, 0.2) is 0 Å². The second-order valence-electron chi connectivity index (χ2n) is 14.8. The van der Waals surface area contributed by atoms with Crippen molar-refractivity contribution in [2.75, 3.05) is 6.61 Å². The maximum absolute atomic E-state index is 12.3. The second kappa shape index (κ2) is 22.0. The number of allylic oxidation sites excluding steroid dienone is 6. The quantitative estimate of drug-likeness (QED) is 0.0409. The molecule has 3 unspecified atom stereocenters. The molecule has 0 aliphatic heterocycles. The molecule has 44 heavy (non-hydrogen) atoms. The van der Waals surface area contributed by atoms with Gasteiger partial charge in [-0.2, -0.15) is 0 Å². The van der Waals surface area contributed by atoms with E-state index in [4.69, 9.17) is 4.74 Å². The van der Waals surface area contributed by atoms with Gasteiger partial charge in [-0.25, -0.2) is 0 Å². The number of aliphatic hydroxyl groups is 1. The number of esters is 1. The average molecular weight is 615 g/mol. The van der Waals surface area contributed by atoms with Crippen LogP contribution in [0.15, 0.2) is 34.4 Å². The minimum absolute atomic E-state index is 0.0865. The van der Waals surface area contributed by atoms with Crippen molar-refractivity contribution in [3.05, 3.63) is 34.4 Å². The van der Waals surface area contributed by atoms with Gasteiger partial charge in [0.2, 0.25) is 0 Å². The van der Waals surface area contributed by atoms with Crippen LogP contribution in [-0.4, -0.2) is 29.6 Å². The predicted molar refractivity (Wildman–Crippen MR) is 188 cm³/mol. The second-order valence-corrected chi connectivity index (χ2v) is 14.8. The Kier molecular flexibility index (Phi) is 20.1. The summed E-state index contributed by atoms with van der Waals surface area (Å²) in [6.07, 6.45) is 25.2. The molecule has 0 aromatic carbocycles. The van der Waals surface area contributed by atoms with Crippen molar-refractivity contribution in [1.29, 1.82) is 0 Å². The number of hydrogen-bond donors (Lipinski definition) is 1. The van der Waals surface area contributed by atoms with Gasteiger partial charge in [0, 0.05) is 11.8 Å². The lowest BCUT2D eigenvalue weighted by molar-refractivity contribution is -0.144. The fraction of sp³-hybridized carbons (Fsp3) is 0.800. The molecule has 0 aromatic rings. The Morgan fingerprint density at radius 1 is 0.909 bits per heavy atom. The summed E-state index contributed by atoms with van der Waals surface area (Å²) < 4.78 is 5.62. The van der Waals surface area contributed by atoms with Gasteiger partial charge >= 0.3 is 5.97 Å². The lowest BCUT2D eigenvalue weighted by atomic mass is 9.54. The number of unbranched alkanes of at least 4 members (excludes halogenated alkanes) is 6. The van der Waals surface area contributed by atoms with Crippen LogP contribution >= 0.6 is 0 Å². The molecule has 1 N–H and O–H groups in total. The molecule has 0 amide bonds. The van der Waals surface area contributed by atoms with Gasteiger partial charge in [-0.3, -0.25) is 9.59 Å². The van der Waals surface area contributed by atoms with E-state index in [2.05, 4.69) is 53.7 Å². The molecular formula is C40H70O4. The van der Waals surface area contributed by atoms with E-state index in [-0.39, 0.29) is 17.3 Å². The minimum Gasteiger partial charge on any atom is -0.466 e. The summed E-state index contributed by atoms with van der Waals surface area (Å²) in [5, 5.41) is 11.7. The van der Waals surface area contributed by atoms with Crippen LogP contribution in [0.5, 0.6) is 0 Å². The van der Waals surface area contributed by atoms with Gasteiger partial charge in [-0.15, -0.1) is 0 Å². The number of hydrogen-bond acceptors (Lipinski definition) is 4. The highest BCUT2D eigenvalue weighted by Crippen LogP contribution is 2.55. The van der Waals surface area contributed by atoms with E-state index in [1.54, 1.807) is 0 Å². The maximum Gasteiger partial charge on any atom is 0.305 e. The molecular weight excluding hydrogens is 544 g/mol. The molecule has 4 heteroatoms. The molecule has 4 nitrogen and oxygen atoms in total. The minimum atomic E-state index is -0.824. The predicted octanol–water partition coefficient (Wildman–Crippen LogP) is 11.4. The van der Waals surface area contributed by atoms with E-state index >= 15 is 0 Å². The Labute approximate surface area is 272 Å². The van der Waals surface area contributed by atoms with Gasteiger partial charge in [-0.1, -0.05) is 102 Å². The summed E-state index contributed by atoms with van der Waals surface area (Å²) in [5.41, 5.74) is 3.70. The third kappa shape index (κ3) is 15.1. The van der Waals surface area contributed by atoms with Crippen LogP contribution in [0.25, 0.3) is 0 Å². The van der Waals surface area contributed by atoms with Crippen LogP contribution in [-0.2, 0) is 14.3 Å². The standard InChI is InChI=1S/C40H70O4/c1-9-10-11-12-13-14-15-26-38(42)44-30-19-25-37-36(35(6)31-41)27-29-40(8,43)39(37,7)28-18-24-34(5)23-17-22-33(4)21-16-20-32(2)3/h22,24,31-32,37,43H,9-21,23,25-30H2,1-8H3. The first kappa shape index (κ1) is 40.3. The molecule has 0 radical (unpaired) electrons. The summed E-state index contributed by atoms with van der Waals surface area (Å²) >= 11 is 0. The number of aldehydes is 1. The number of ether oxygens (including phenoxy) is 1. The summed E-state index contributed by atoms with van der Waals surface area (Å²) in [6.45, 7) is 17.8.